The van der Waals surface area contributed by atoms with Gasteiger partial charge < -0.3 is 15.0 Å². The van der Waals surface area contributed by atoms with Crippen molar-refractivity contribution in [1.82, 2.24) is 15.1 Å². The van der Waals surface area contributed by atoms with E-state index in [1.54, 1.807) is 0 Å². The van der Waals surface area contributed by atoms with Crippen LogP contribution >= 0.6 is 35.7 Å². The monoisotopic (exact) mass is 518 g/mol. The van der Waals surface area contributed by atoms with Gasteiger partial charge in [-0.1, -0.05) is 24.3 Å². The fraction of sp³-hybridized carbons (Fsp3) is 0.667. The number of nitrogens with one attached hydrogen (secondary N) is 1. The highest BCUT2D eigenvalue weighted by Gasteiger charge is 2.28. The lowest BCUT2D eigenvalue weighted by Gasteiger charge is -2.39. The first-order chi connectivity index (χ1) is 13.1. The summed E-state index contributed by atoms with van der Waals surface area (Å²) in [6.07, 6.45) is 0. The van der Waals surface area contributed by atoms with Crippen molar-refractivity contribution >= 4 is 41.7 Å². The number of hydrogen-bond donors (Lipinski definition) is 1. The Hall–Kier alpha value is -0.510. The van der Waals surface area contributed by atoms with Gasteiger partial charge in [0.05, 0.1) is 19.8 Å². The number of aliphatic imine (C=N–C) groups is 1. The molecule has 0 radical (unpaired) electrons. The number of halogens is 1. The molecule has 0 amide bonds. The van der Waals surface area contributed by atoms with Gasteiger partial charge >= 0.3 is 0 Å². The van der Waals surface area contributed by atoms with Crippen LogP contribution < -0.4 is 5.32 Å². The van der Waals surface area contributed by atoms with Crippen molar-refractivity contribution in [3.8, 4) is 0 Å². The first kappa shape index (κ1) is 23.8. The summed E-state index contributed by atoms with van der Waals surface area (Å²) in [4.78, 5) is 9.78. The predicted molar refractivity (Wildman–Crippen MR) is 131 cm³/mol. The summed E-state index contributed by atoms with van der Waals surface area (Å²) in [5.41, 5.74) is 2.63. The Morgan fingerprint density at radius 2 is 1.82 bits per heavy atom. The van der Waals surface area contributed by atoms with Gasteiger partial charge in [-0.25, -0.2) is 4.99 Å². The van der Waals surface area contributed by atoms with E-state index >= 15 is 0 Å². The number of guanidine groups is 1. The van der Waals surface area contributed by atoms with Gasteiger partial charge in [0, 0.05) is 49.8 Å². The molecule has 2 fully saturated rings. The number of rotatable bonds is 5. The lowest BCUT2D eigenvalue weighted by molar-refractivity contribution is 0.0342. The average Bonchev–Trinajstić information content (AvgIpc) is 2.66. The van der Waals surface area contributed by atoms with Crippen molar-refractivity contribution in [3.63, 3.8) is 0 Å². The average molecular weight is 519 g/mol. The molecule has 2 saturated heterocycles. The van der Waals surface area contributed by atoms with E-state index in [9.17, 15) is 0 Å². The first-order valence-corrected chi connectivity index (χ1v) is 11.1. The Kier molecular flexibility index (Phi) is 9.86. The zero-order valence-electron chi connectivity index (χ0n) is 17.4. The summed E-state index contributed by atoms with van der Waals surface area (Å²) in [7, 11) is 0. The molecule has 0 aromatic heterocycles. The highest BCUT2D eigenvalue weighted by Crippen LogP contribution is 2.29. The lowest BCUT2D eigenvalue weighted by atomic mass is 10.1. The molecule has 158 valence electrons. The van der Waals surface area contributed by atoms with Crippen LogP contribution in [0.4, 0.5) is 0 Å². The van der Waals surface area contributed by atoms with Gasteiger partial charge in [0.25, 0.3) is 0 Å². The molecule has 2 aliphatic rings. The maximum Gasteiger partial charge on any atom is 0.194 e. The second kappa shape index (κ2) is 11.6. The van der Waals surface area contributed by atoms with E-state index in [2.05, 4.69) is 71.9 Å². The second-order valence-corrected chi connectivity index (χ2v) is 9.71. The molecule has 1 aromatic rings. The van der Waals surface area contributed by atoms with E-state index in [-0.39, 0.29) is 28.7 Å². The van der Waals surface area contributed by atoms with Crippen molar-refractivity contribution in [3.05, 3.63) is 35.4 Å². The van der Waals surface area contributed by atoms with E-state index in [0.717, 1.165) is 70.7 Å². The minimum Gasteiger partial charge on any atom is -0.379 e. The Labute approximate surface area is 191 Å². The van der Waals surface area contributed by atoms with Gasteiger partial charge in [-0.2, -0.15) is 11.8 Å². The van der Waals surface area contributed by atoms with Gasteiger partial charge in [-0.15, -0.1) is 24.0 Å². The maximum absolute atomic E-state index is 5.43. The van der Waals surface area contributed by atoms with Gasteiger partial charge in [-0.05, 0) is 31.9 Å². The first-order valence-electron chi connectivity index (χ1n) is 10.1. The fourth-order valence-electron chi connectivity index (χ4n) is 3.56. The minimum atomic E-state index is 0. The third kappa shape index (κ3) is 7.39. The minimum absolute atomic E-state index is 0. The third-order valence-electron chi connectivity index (χ3n) is 5.00. The van der Waals surface area contributed by atoms with Crippen LogP contribution in [-0.4, -0.2) is 72.2 Å². The zero-order valence-corrected chi connectivity index (χ0v) is 20.6. The highest BCUT2D eigenvalue weighted by atomic mass is 127. The summed E-state index contributed by atoms with van der Waals surface area (Å²) >= 11 is 2.05. The molecule has 1 aromatic carbocycles. The molecule has 0 bridgehead atoms. The summed E-state index contributed by atoms with van der Waals surface area (Å²) < 4.78 is 5.71. The van der Waals surface area contributed by atoms with Gasteiger partial charge in [-0.3, -0.25) is 4.90 Å². The molecule has 28 heavy (non-hydrogen) atoms. The van der Waals surface area contributed by atoms with Crippen LogP contribution in [0.1, 0.15) is 31.9 Å². The molecule has 2 heterocycles. The molecule has 0 aliphatic carbocycles. The molecule has 0 atom stereocenters. The molecule has 0 saturated carbocycles. The highest BCUT2D eigenvalue weighted by molar-refractivity contribution is 14.0. The van der Waals surface area contributed by atoms with Crippen molar-refractivity contribution in [1.29, 1.82) is 0 Å². The summed E-state index contributed by atoms with van der Waals surface area (Å²) in [5.74, 6) is 2.21. The Morgan fingerprint density at radius 1 is 1.14 bits per heavy atom. The van der Waals surface area contributed by atoms with Crippen LogP contribution in [0.15, 0.2) is 29.3 Å². The summed E-state index contributed by atoms with van der Waals surface area (Å²) in [5, 5.41) is 3.47. The van der Waals surface area contributed by atoms with E-state index in [1.165, 1.54) is 11.1 Å². The third-order valence-corrected chi connectivity index (χ3v) is 6.30. The number of thioether (sulfide) groups is 1. The largest absolute Gasteiger partial charge is 0.379 e. The number of nitrogens with zero attached hydrogens (tertiary/aromatic N) is 3. The van der Waals surface area contributed by atoms with Crippen LogP contribution in [-0.2, 0) is 17.8 Å². The van der Waals surface area contributed by atoms with Crippen molar-refractivity contribution in [2.45, 2.75) is 38.6 Å². The number of hydrogen-bond acceptors (Lipinski definition) is 4. The molecule has 1 N–H and O–H groups in total. The number of morpholine rings is 1. The normalized spacial score (nSPS) is 20.5. The van der Waals surface area contributed by atoms with Crippen LogP contribution in [0.25, 0.3) is 0 Å². The number of benzene rings is 1. The molecule has 3 rings (SSSR count). The van der Waals surface area contributed by atoms with E-state index in [4.69, 9.17) is 9.73 Å². The summed E-state index contributed by atoms with van der Waals surface area (Å²) in [6.45, 7) is 15.3. The van der Waals surface area contributed by atoms with E-state index in [0.29, 0.717) is 0 Å². The van der Waals surface area contributed by atoms with E-state index < -0.39 is 0 Å². The molecule has 2 aliphatic heterocycles. The van der Waals surface area contributed by atoms with Crippen LogP contribution in [0.5, 0.6) is 0 Å². The molecule has 0 spiro atoms. The van der Waals surface area contributed by atoms with Crippen molar-refractivity contribution < 1.29 is 4.74 Å². The Morgan fingerprint density at radius 3 is 2.46 bits per heavy atom. The SMILES string of the molecule is CCNC(=NCc1ccc(CN2CCOCC2)cc1)N1CCSC(C)(C)C1.I. The molecule has 0 unspecified atom stereocenters. The smallest absolute Gasteiger partial charge is 0.194 e. The molecule has 7 heteroatoms. The van der Waals surface area contributed by atoms with Crippen LogP contribution in [0, 0.1) is 0 Å². The van der Waals surface area contributed by atoms with Gasteiger partial charge in [0.1, 0.15) is 0 Å². The van der Waals surface area contributed by atoms with Crippen LogP contribution in [0.2, 0.25) is 0 Å². The number of ether oxygens (including phenoxy) is 1. The molecule has 5 nitrogen and oxygen atoms in total. The van der Waals surface area contributed by atoms with Gasteiger partial charge in [0.15, 0.2) is 5.96 Å². The predicted octanol–water partition coefficient (Wildman–Crippen LogP) is 3.43. The van der Waals surface area contributed by atoms with Gasteiger partial charge in [0.2, 0.25) is 0 Å². The lowest BCUT2D eigenvalue weighted by Crippen LogP contribution is -2.50. The van der Waals surface area contributed by atoms with Crippen molar-refractivity contribution in [2.24, 2.45) is 4.99 Å². The van der Waals surface area contributed by atoms with Crippen molar-refractivity contribution in [2.75, 3.05) is 51.7 Å². The topological polar surface area (TPSA) is 40.1 Å². The molecular weight excluding hydrogens is 483 g/mol. The second-order valence-electron chi connectivity index (χ2n) is 7.90. The fourth-order valence-corrected chi connectivity index (χ4v) is 4.67. The van der Waals surface area contributed by atoms with Crippen LogP contribution in [0.3, 0.4) is 0 Å². The molecular formula is C21H35IN4OS. The Bertz CT molecular complexity index is 617. The standard InChI is InChI=1S/C21H34N4OS.HI/c1-4-22-20(25-11-14-27-21(2,3)17-25)23-15-18-5-7-19(8-6-18)16-24-9-12-26-13-10-24;/h5-8H,4,9-17H2,1-3H3,(H,22,23);1H. The maximum atomic E-state index is 5.43. The summed E-state index contributed by atoms with van der Waals surface area (Å²) in [6, 6.07) is 8.93. The zero-order chi connectivity index (χ0) is 19.1. The Balaban J connectivity index is 0.00000280. The van der Waals surface area contributed by atoms with E-state index in [1.807, 2.05) is 0 Å². The quantitative estimate of drug-likeness (QED) is 0.368.